The van der Waals surface area contributed by atoms with Gasteiger partial charge in [-0.25, -0.2) is 0 Å². The summed E-state index contributed by atoms with van der Waals surface area (Å²) >= 11 is 0. The summed E-state index contributed by atoms with van der Waals surface area (Å²) in [4.78, 5) is 12.9. The van der Waals surface area contributed by atoms with E-state index in [-0.39, 0.29) is 12.2 Å². The molecule has 0 unspecified atom stereocenters. The molecule has 0 aliphatic rings. The van der Waals surface area contributed by atoms with E-state index in [2.05, 4.69) is 21.9 Å². The Balaban J connectivity index is 3.11. The zero-order chi connectivity index (χ0) is 12.0. The Morgan fingerprint density at radius 2 is 2.38 bits per heavy atom. The van der Waals surface area contributed by atoms with Gasteiger partial charge in [0.2, 0.25) is 0 Å². The standard InChI is InChI=1S/C10H8N4O2/c1-8-4-2-5-9(10(8)14(15)16)6-3-7-12-13-11/h2,4-5H,7H2,1H3. The van der Waals surface area contributed by atoms with Crippen molar-refractivity contribution in [3.05, 3.63) is 49.9 Å². The van der Waals surface area contributed by atoms with Crippen LogP contribution in [0.1, 0.15) is 11.1 Å². The van der Waals surface area contributed by atoms with E-state index in [0.717, 1.165) is 0 Å². The molecule has 6 nitrogen and oxygen atoms in total. The lowest BCUT2D eigenvalue weighted by molar-refractivity contribution is -0.385. The molecule has 0 N–H and O–H groups in total. The number of nitrogens with zero attached hydrogens (tertiary/aromatic N) is 4. The first-order chi connectivity index (χ1) is 7.66. The quantitative estimate of drug-likeness (QED) is 0.190. The fourth-order valence-corrected chi connectivity index (χ4v) is 1.20. The van der Waals surface area contributed by atoms with Gasteiger partial charge in [0.15, 0.2) is 0 Å². The van der Waals surface area contributed by atoms with Gasteiger partial charge in [0, 0.05) is 10.5 Å². The molecule has 0 radical (unpaired) electrons. The van der Waals surface area contributed by atoms with E-state index < -0.39 is 4.92 Å². The summed E-state index contributed by atoms with van der Waals surface area (Å²) in [6, 6.07) is 4.91. The van der Waals surface area contributed by atoms with E-state index in [9.17, 15) is 10.1 Å². The van der Waals surface area contributed by atoms with Crippen LogP contribution in [0.3, 0.4) is 0 Å². The first-order valence-corrected chi connectivity index (χ1v) is 4.40. The van der Waals surface area contributed by atoms with Crippen LogP contribution < -0.4 is 0 Å². The molecule has 0 aliphatic carbocycles. The van der Waals surface area contributed by atoms with Crippen LogP contribution in [0.4, 0.5) is 5.69 Å². The van der Waals surface area contributed by atoms with E-state index in [1.54, 1.807) is 25.1 Å². The van der Waals surface area contributed by atoms with Crippen LogP contribution in [0, 0.1) is 28.9 Å². The number of para-hydroxylation sites is 1. The van der Waals surface area contributed by atoms with Crippen LogP contribution in [0.25, 0.3) is 10.4 Å². The minimum Gasteiger partial charge on any atom is -0.258 e. The first-order valence-electron chi connectivity index (χ1n) is 4.40. The minimum absolute atomic E-state index is 0.00158. The van der Waals surface area contributed by atoms with Crippen molar-refractivity contribution in [1.82, 2.24) is 0 Å². The lowest BCUT2D eigenvalue weighted by atomic mass is 10.1. The van der Waals surface area contributed by atoms with E-state index in [4.69, 9.17) is 5.53 Å². The highest BCUT2D eigenvalue weighted by Gasteiger charge is 2.14. The van der Waals surface area contributed by atoms with Crippen LogP contribution in [0.15, 0.2) is 23.3 Å². The van der Waals surface area contributed by atoms with Gasteiger partial charge in [-0.05, 0) is 18.5 Å². The molecule has 0 bridgehead atoms. The van der Waals surface area contributed by atoms with Crippen LogP contribution in [0.5, 0.6) is 0 Å². The smallest absolute Gasteiger partial charge is 0.258 e. The molecule has 0 heterocycles. The molecule has 16 heavy (non-hydrogen) atoms. The molecular formula is C10H8N4O2. The van der Waals surface area contributed by atoms with Gasteiger partial charge < -0.3 is 0 Å². The second kappa shape index (κ2) is 5.39. The predicted molar refractivity (Wildman–Crippen MR) is 58.7 cm³/mol. The molecular weight excluding hydrogens is 208 g/mol. The molecule has 0 spiro atoms. The Kier molecular flexibility index (Phi) is 3.90. The van der Waals surface area contributed by atoms with E-state index in [1.807, 2.05) is 0 Å². The number of hydrogen-bond acceptors (Lipinski definition) is 3. The van der Waals surface area contributed by atoms with Gasteiger partial charge in [-0.2, -0.15) is 0 Å². The van der Waals surface area contributed by atoms with Crippen LogP contribution in [-0.4, -0.2) is 11.5 Å². The molecule has 1 aromatic rings. The fraction of sp³-hybridized carbons (Fsp3) is 0.200. The first kappa shape index (κ1) is 11.6. The summed E-state index contributed by atoms with van der Waals surface area (Å²) in [6.07, 6.45) is 0. The van der Waals surface area contributed by atoms with Crippen molar-refractivity contribution in [1.29, 1.82) is 0 Å². The predicted octanol–water partition coefficient (Wildman–Crippen LogP) is 2.57. The molecule has 0 fully saturated rings. The second-order valence-electron chi connectivity index (χ2n) is 2.92. The van der Waals surface area contributed by atoms with Crippen molar-refractivity contribution < 1.29 is 4.92 Å². The number of aryl methyl sites for hydroxylation is 1. The Hall–Kier alpha value is -2.51. The Bertz CT molecular complexity index is 521. The third kappa shape index (κ3) is 2.74. The highest BCUT2D eigenvalue weighted by Crippen LogP contribution is 2.21. The highest BCUT2D eigenvalue weighted by atomic mass is 16.6. The van der Waals surface area contributed by atoms with Crippen LogP contribution in [-0.2, 0) is 0 Å². The summed E-state index contributed by atoms with van der Waals surface area (Å²) in [6.45, 7) is 1.65. The van der Waals surface area contributed by atoms with Crippen molar-refractivity contribution in [3.63, 3.8) is 0 Å². The van der Waals surface area contributed by atoms with Gasteiger partial charge in [0.25, 0.3) is 5.69 Å². The van der Waals surface area contributed by atoms with Gasteiger partial charge in [0.1, 0.15) is 5.56 Å². The van der Waals surface area contributed by atoms with Crippen molar-refractivity contribution >= 4 is 5.69 Å². The zero-order valence-corrected chi connectivity index (χ0v) is 8.54. The molecule has 0 atom stereocenters. The van der Waals surface area contributed by atoms with Gasteiger partial charge in [-0.1, -0.05) is 29.1 Å². The summed E-state index contributed by atoms with van der Waals surface area (Å²) in [5.74, 6) is 5.16. The molecule has 1 aromatic carbocycles. The number of hydrogen-bond donors (Lipinski definition) is 0. The molecule has 0 aromatic heterocycles. The van der Waals surface area contributed by atoms with Crippen LogP contribution in [0.2, 0.25) is 0 Å². The van der Waals surface area contributed by atoms with Gasteiger partial charge in [0.05, 0.1) is 11.5 Å². The highest BCUT2D eigenvalue weighted by molar-refractivity contribution is 5.55. The lowest BCUT2D eigenvalue weighted by Gasteiger charge is -1.98. The number of nitro groups is 1. The zero-order valence-electron chi connectivity index (χ0n) is 8.54. The Morgan fingerprint density at radius 3 is 3.00 bits per heavy atom. The topological polar surface area (TPSA) is 91.9 Å². The van der Waals surface area contributed by atoms with Gasteiger partial charge in [-0.15, -0.1) is 0 Å². The van der Waals surface area contributed by atoms with E-state index in [0.29, 0.717) is 11.1 Å². The van der Waals surface area contributed by atoms with E-state index in [1.165, 1.54) is 0 Å². The molecule has 80 valence electrons. The van der Waals surface area contributed by atoms with E-state index >= 15 is 0 Å². The maximum atomic E-state index is 10.8. The third-order valence-electron chi connectivity index (χ3n) is 1.86. The van der Waals surface area contributed by atoms with Crippen molar-refractivity contribution in [3.8, 4) is 11.8 Å². The molecule has 6 heteroatoms. The molecule has 0 saturated carbocycles. The normalized spacial score (nSPS) is 8.56. The number of rotatable bonds is 2. The van der Waals surface area contributed by atoms with Gasteiger partial charge >= 0.3 is 0 Å². The van der Waals surface area contributed by atoms with Crippen molar-refractivity contribution in [2.45, 2.75) is 6.92 Å². The SMILES string of the molecule is Cc1cccc(C#CCN=[N+]=[N-])c1[N+](=O)[O-]. The second-order valence-corrected chi connectivity index (χ2v) is 2.92. The summed E-state index contributed by atoms with van der Waals surface area (Å²) < 4.78 is 0. The average molecular weight is 216 g/mol. The monoisotopic (exact) mass is 216 g/mol. The lowest BCUT2D eigenvalue weighted by Crippen LogP contribution is -1.95. The van der Waals surface area contributed by atoms with Crippen molar-refractivity contribution in [2.75, 3.05) is 6.54 Å². The molecule has 0 amide bonds. The number of azide groups is 1. The third-order valence-corrected chi connectivity index (χ3v) is 1.86. The molecule has 1 rings (SSSR count). The van der Waals surface area contributed by atoms with Gasteiger partial charge in [-0.3, -0.25) is 10.1 Å². The summed E-state index contributed by atoms with van der Waals surface area (Å²) in [5, 5.41) is 14.0. The Labute approximate surface area is 91.7 Å². The minimum atomic E-state index is -0.465. The van der Waals surface area contributed by atoms with Crippen molar-refractivity contribution in [2.24, 2.45) is 5.11 Å². The maximum absolute atomic E-state index is 10.8. The number of benzene rings is 1. The largest absolute Gasteiger partial charge is 0.287 e. The summed E-state index contributed by atoms with van der Waals surface area (Å²) in [5.41, 5.74) is 8.92. The molecule has 0 saturated heterocycles. The fourth-order valence-electron chi connectivity index (χ4n) is 1.20. The summed E-state index contributed by atoms with van der Waals surface area (Å²) in [7, 11) is 0. The maximum Gasteiger partial charge on any atom is 0.287 e. The number of nitro benzene ring substituents is 1. The average Bonchev–Trinajstić information content (AvgIpc) is 2.24. The molecule has 0 aliphatic heterocycles. The van der Waals surface area contributed by atoms with Crippen LogP contribution >= 0.6 is 0 Å². The Morgan fingerprint density at radius 1 is 1.62 bits per heavy atom.